The first kappa shape index (κ1) is 11.7. The van der Waals surface area contributed by atoms with Gasteiger partial charge in [0.05, 0.1) is 0 Å². The molecule has 1 atom stereocenters. The quantitative estimate of drug-likeness (QED) is 0.561. The molecule has 0 aromatic carbocycles. The van der Waals surface area contributed by atoms with Crippen molar-refractivity contribution in [3.63, 3.8) is 0 Å². The summed E-state index contributed by atoms with van der Waals surface area (Å²) in [5, 5.41) is 7.66. The molecule has 0 radical (unpaired) electrons. The monoisotopic (exact) mass is 240 g/mol. The van der Waals surface area contributed by atoms with Crippen LogP contribution < -0.4 is 0 Å². The predicted octanol–water partition coefficient (Wildman–Crippen LogP) is 5.08. The first-order valence-electron chi connectivity index (χ1n) is 6.36. The number of rotatable bonds is 1. The van der Waals surface area contributed by atoms with E-state index in [0.29, 0.717) is 0 Å². The van der Waals surface area contributed by atoms with Gasteiger partial charge in [0, 0.05) is 0 Å². The van der Waals surface area contributed by atoms with E-state index in [4.69, 9.17) is 0 Å². The average molecular weight is 240 g/mol. The molecule has 0 spiro atoms. The summed E-state index contributed by atoms with van der Waals surface area (Å²) >= 11 is -1.62. The van der Waals surface area contributed by atoms with Crippen LogP contribution in [0.4, 0.5) is 0 Å². The van der Waals surface area contributed by atoms with Crippen LogP contribution in [0.25, 0.3) is 0 Å². The van der Waals surface area contributed by atoms with Crippen molar-refractivity contribution in [2.45, 2.75) is 55.2 Å². The van der Waals surface area contributed by atoms with Gasteiger partial charge >= 0.3 is 98.3 Å². The maximum atomic E-state index is 2.55. The molecule has 0 aliphatic heterocycles. The third kappa shape index (κ3) is 1.92. The zero-order valence-electron chi connectivity index (χ0n) is 10.9. The molecule has 15 heavy (non-hydrogen) atoms. The van der Waals surface area contributed by atoms with Crippen molar-refractivity contribution in [1.29, 1.82) is 0 Å². The molecule has 2 aliphatic carbocycles. The van der Waals surface area contributed by atoms with E-state index in [0.717, 1.165) is 5.92 Å². The van der Waals surface area contributed by atoms with E-state index < -0.39 is 16.6 Å². The van der Waals surface area contributed by atoms with Crippen molar-refractivity contribution in [3.05, 3.63) is 20.6 Å². The van der Waals surface area contributed by atoms with Crippen LogP contribution in [-0.4, -0.2) is 0 Å². The fourth-order valence-electron chi connectivity index (χ4n) is 3.45. The fraction of sp³-hybridized carbons (Fsp3) is 0.714. The molecule has 0 N–H and O–H groups in total. The molecule has 0 bridgehead atoms. The van der Waals surface area contributed by atoms with Gasteiger partial charge in [-0.1, -0.05) is 0 Å². The zero-order chi connectivity index (χ0) is 11.2. The number of allylic oxidation sites excluding steroid dienone is 4. The van der Waals surface area contributed by atoms with E-state index in [1.165, 1.54) is 25.7 Å². The normalized spacial score (nSPS) is 27.4. The fourth-order valence-corrected chi connectivity index (χ4v) is 7.50. The molecule has 0 saturated carbocycles. The van der Waals surface area contributed by atoms with Crippen LogP contribution in [0.1, 0.15) is 39.5 Å². The summed E-state index contributed by atoms with van der Waals surface area (Å²) in [4.78, 5) is 0. The topological polar surface area (TPSA) is 0 Å². The summed E-state index contributed by atoms with van der Waals surface area (Å²) < 4.78 is 1.87. The Balaban J connectivity index is 2.47. The third-order valence-corrected chi connectivity index (χ3v) is 7.56. The Labute approximate surface area is 98.2 Å². The Hall–Kier alpha value is 0.194. The van der Waals surface area contributed by atoms with Gasteiger partial charge in [0.2, 0.25) is 0 Å². The van der Waals surface area contributed by atoms with Crippen LogP contribution in [0.15, 0.2) is 20.6 Å². The molecule has 0 aromatic rings. The molecule has 0 aromatic heterocycles. The molecule has 2 rings (SSSR count). The molecule has 0 saturated heterocycles. The molecule has 0 nitrogen and oxygen atoms in total. The Bertz CT molecular complexity index is 339. The second-order valence-electron chi connectivity index (χ2n) is 6.24. The summed E-state index contributed by atoms with van der Waals surface area (Å²) in [6, 6.07) is 0. The van der Waals surface area contributed by atoms with Crippen LogP contribution >= 0.6 is 0 Å². The van der Waals surface area contributed by atoms with Crippen LogP contribution in [-0.2, 0) is 16.6 Å². The molecule has 2 aliphatic rings. The second kappa shape index (κ2) is 3.89. The van der Waals surface area contributed by atoms with E-state index in [1.807, 2.05) is 15.0 Å². The van der Waals surface area contributed by atoms with Gasteiger partial charge in [-0.05, 0) is 0 Å². The molecule has 0 heterocycles. The summed E-state index contributed by atoms with van der Waals surface area (Å²) in [6.45, 7) is 4.83. The van der Waals surface area contributed by atoms with Gasteiger partial charge in [-0.25, -0.2) is 0 Å². The van der Waals surface area contributed by atoms with Crippen molar-refractivity contribution < 1.29 is 16.6 Å². The predicted molar refractivity (Wildman–Crippen MR) is 65.0 cm³/mol. The molecular weight excluding hydrogens is 216 g/mol. The minimum absolute atomic E-state index is 0.778. The number of hydrogen-bond acceptors (Lipinski definition) is 0. The van der Waals surface area contributed by atoms with Gasteiger partial charge in [-0.15, -0.1) is 0 Å². The van der Waals surface area contributed by atoms with E-state index in [1.54, 1.807) is 5.57 Å². The first-order chi connectivity index (χ1) is 6.93. The van der Waals surface area contributed by atoms with Crippen molar-refractivity contribution in [2.24, 2.45) is 5.92 Å². The molecule has 0 fully saturated rings. The van der Waals surface area contributed by atoms with E-state index in [2.05, 4.69) is 29.5 Å². The summed E-state index contributed by atoms with van der Waals surface area (Å²) in [6.07, 6.45) is 5.63. The Morgan fingerprint density at radius 3 is 2.27 bits per heavy atom. The van der Waals surface area contributed by atoms with Gasteiger partial charge in [0.25, 0.3) is 0 Å². The van der Waals surface area contributed by atoms with E-state index in [-0.39, 0.29) is 0 Å². The van der Waals surface area contributed by atoms with Crippen LogP contribution in [0, 0.1) is 5.92 Å². The van der Waals surface area contributed by atoms with Crippen LogP contribution in [0.3, 0.4) is 0 Å². The van der Waals surface area contributed by atoms with Gasteiger partial charge < -0.3 is 0 Å². The Morgan fingerprint density at radius 1 is 1.07 bits per heavy atom. The zero-order valence-corrected chi connectivity index (χ0v) is 12.5. The van der Waals surface area contributed by atoms with Crippen LogP contribution in [0.5, 0.6) is 0 Å². The van der Waals surface area contributed by atoms with Crippen molar-refractivity contribution in [2.75, 3.05) is 0 Å². The molecule has 84 valence electrons. The van der Waals surface area contributed by atoms with Gasteiger partial charge in [-0.3, -0.25) is 0 Å². The van der Waals surface area contributed by atoms with E-state index >= 15 is 0 Å². The molecule has 1 heteroatoms. The SMILES string of the molecule is CC1=[C]([Ti]([CH3])([CH3])[CH3])C2=C(CCCC2)C1C. The van der Waals surface area contributed by atoms with Crippen molar-refractivity contribution in [3.8, 4) is 0 Å². The van der Waals surface area contributed by atoms with Crippen molar-refractivity contribution >= 4 is 0 Å². The number of hydrogen-bond donors (Lipinski definition) is 0. The van der Waals surface area contributed by atoms with Crippen molar-refractivity contribution in [1.82, 2.24) is 0 Å². The second-order valence-corrected chi connectivity index (χ2v) is 14.0. The van der Waals surface area contributed by atoms with Crippen LogP contribution in [0.2, 0.25) is 15.7 Å². The summed E-state index contributed by atoms with van der Waals surface area (Å²) in [7, 11) is 0. The Kier molecular flexibility index (Phi) is 3.03. The maximum absolute atomic E-state index is 2.55. The average Bonchev–Trinajstić information content (AvgIpc) is 2.39. The summed E-state index contributed by atoms with van der Waals surface area (Å²) in [5.41, 5.74) is 5.36. The van der Waals surface area contributed by atoms with Gasteiger partial charge in [-0.2, -0.15) is 0 Å². The Morgan fingerprint density at radius 2 is 1.67 bits per heavy atom. The van der Waals surface area contributed by atoms with E-state index in [9.17, 15) is 0 Å². The third-order valence-electron chi connectivity index (χ3n) is 4.13. The van der Waals surface area contributed by atoms with Gasteiger partial charge in [0.15, 0.2) is 0 Å². The molecule has 1 unspecified atom stereocenters. The molecule has 0 amide bonds. The molecular formula is C14H24Ti. The first-order valence-corrected chi connectivity index (χ1v) is 11.8. The standard InChI is InChI=1S/C11H15.3CH3.Ti/c1-8-7-10-5-3-4-6-11(10)9(8)2;;;;/h9H,3-6H2,1-2H3;3*1H3;. The summed E-state index contributed by atoms with van der Waals surface area (Å²) in [5.74, 6) is 0.778. The van der Waals surface area contributed by atoms with Gasteiger partial charge in [0.1, 0.15) is 0 Å². The minimum atomic E-state index is -1.62.